The summed E-state index contributed by atoms with van der Waals surface area (Å²) in [6, 6.07) is 0. The van der Waals surface area contributed by atoms with E-state index in [-0.39, 0.29) is 0 Å². The summed E-state index contributed by atoms with van der Waals surface area (Å²) in [6.07, 6.45) is 6.39. The van der Waals surface area contributed by atoms with Gasteiger partial charge in [0.2, 0.25) is 5.95 Å². The molecule has 0 aromatic carbocycles. The molecule has 0 atom stereocenters. The van der Waals surface area contributed by atoms with E-state index in [4.69, 9.17) is 0 Å². The highest BCUT2D eigenvalue weighted by Gasteiger charge is 2.05. The number of hydrogen-bond acceptors (Lipinski definition) is 4. The van der Waals surface area contributed by atoms with Crippen LogP contribution in [0.25, 0.3) is 0 Å². The molecule has 0 spiro atoms. The average molecular weight is 296 g/mol. The maximum Gasteiger partial charge on any atom is 0.222 e. The Morgan fingerprint density at radius 2 is 2.06 bits per heavy atom. The lowest BCUT2D eigenvalue weighted by molar-refractivity contribution is 0.746. The van der Waals surface area contributed by atoms with Crippen molar-refractivity contribution in [2.45, 2.75) is 19.9 Å². The van der Waals surface area contributed by atoms with Crippen LogP contribution in [0.15, 0.2) is 23.1 Å². The van der Waals surface area contributed by atoms with E-state index in [0.717, 1.165) is 16.6 Å². The van der Waals surface area contributed by atoms with Crippen LogP contribution in [0.4, 0.5) is 5.95 Å². The van der Waals surface area contributed by atoms with E-state index in [2.05, 4.69) is 43.2 Å². The molecule has 0 aliphatic rings. The van der Waals surface area contributed by atoms with Crippen molar-refractivity contribution in [1.29, 1.82) is 0 Å². The van der Waals surface area contributed by atoms with Crippen molar-refractivity contribution >= 4 is 21.9 Å². The van der Waals surface area contributed by atoms with E-state index in [9.17, 15) is 0 Å². The molecule has 0 saturated heterocycles. The molecule has 0 fully saturated rings. The molecule has 0 aliphatic carbocycles. The van der Waals surface area contributed by atoms with Crippen LogP contribution >= 0.6 is 15.9 Å². The largest absolute Gasteiger partial charge is 0.350 e. The van der Waals surface area contributed by atoms with E-state index >= 15 is 0 Å². The predicted molar refractivity (Wildman–Crippen MR) is 69.6 cm³/mol. The molecule has 0 saturated carbocycles. The number of aryl methyl sites for hydroxylation is 2. The predicted octanol–water partition coefficient (Wildman–Crippen LogP) is 2.15. The molecule has 0 radical (unpaired) electrons. The lowest BCUT2D eigenvalue weighted by atomic mass is 10.2. The second-order valence-corrected chi connectivity index (χ2v) is 4.62. The lowest BCUT2D eigenvalue weighted by Gasteiger charge is -2.03. The molecule has 2 aromatic rings. The average Bonchev–Trinajstić information content (AvgIpc) is 2.69. The Hall–Kier alpha value is -1.43. The lowest BCUT2D eigenvalue weighted by Crippen LogP contribution is -2.04. The Morgan fingerprint density at radius 1 is 1.35 bits per heavy atom. The molecular formula is C11H14BrN5. The van der Waals surface area contributed by atoms with Gasteiger partial charge < -0.3 is 5.32 Å². The molecule has 0 amide bonds. The molecule has 2 rings (SSSR count). The summed E-state index contributed by atoms with van der Waals surface area (Å²) in [7, 11) is 1.93. The molecule has 0 aliphatic heterocycles. The molecule has 0 bridgehead atoms. The first-order valence-electron chi connectivity index (χ1n) is 5.42. The molecule has 1 N–H and O–H groups in total. The number of nitrogens with one attached hydrogen (secondary N) is 1. The van der Waals surface area contributed by atoms with Crippen molar-refractivity contribution in [3.05, 3.63) is 34.3 Å². The first-order chi connectivity index (χ1) is 8.19. The molecule has 2 heterocycles. The first kappa shape index (κ1) is 12.0. The second kappa shape index (κ2) is 5.27. The van der Waals surface area contributed by atoms with Gasteiger partial charge in [0.15, 0.2) is 0 Å². The van der Waals surface area contributed by atoms with Crippen LogP contribution < -0.4 is 5.32 Å². The van der Waals surface area contributed by atoms with Gasteiger partial charge in [-0.05, 0) is 22.4 Å². The zero-order valence-electron chi connectivity index (χ0n) is 9.81. The summed E-state index contributed by atoms with van der Waals surface area (Å²) >= 11 is 3.30. The monoisotopic (exact) mass is 295 g/mol. The highest BCUT2D eigenvalue weighted by molar-refractivity contribution is 9.10. The fourth-order valence-corrected chi connectivity index (χ4v) is 1.81. The molecule has 17 heavy (non-hydrogen) atoms. The summed E-state index contributed by atoms with van der Waals surface area (Å²) in [5.41, 5.74) is 2.29. The minimum Gasteiger partial charge on any atom is -0.350 e. The Balaban J connectivity index is 2.04. The Morgan fingerprint density at radius 3 is 2.71 bits per heavy atom. The molecule has 2 aromatic heterocycles. The van der Waals surface area contributed by atoms with Gasteiger partial charge in [-0.15, -0.1) is 0 Å². The van der Waals surface area contributed by atoms with Gasteiger partial charge in [-0.1, -0.05) is 6.92 Å². The molecule has 5 nitrogen and oxygen atoms in total. The maximum absolute atomic E-state index is 4.38. The van der Waals surface area contributed by atoms with Crippen molar-refractivity contribution in [2.24, 2.45) is 7.05 Å². The van der Waals surface area contributed by atoms with Gasteiger partial charge in [-0.25, -0.2) is 9.97 Å². The van der Waals surface area contributed by atoms with Crippen molar-refractivity contribution in [3.8, 4) is 0 Å². The van der Waals surface area contributed by atoms with E-state index in [0.29, 0.717) is 12.5 Å². The third-order valence-corrected chi connectivity index (χ3v) is 2.79. The summed E-state index contributed by atoms with van der Waals surface area (Å²) < 4.78 is 2.71. The van der Waals surface area contributed by atoms with Crippen LogP contribution in [0.2, 0.25) is 0 Å². The zero-order chi connectivity index (χ0) is 12.3. The number of hydrogen-bond donors (Lipinski definition) is 1. The van der Waals surface area contributed by atoms with E-state index in [1.807, 2.05) is 17.9 Å². The second-order valence-electron chi connectivity index (χ2n) is 3.71. The summed E-state index contributed by atoms with van der Waals surface area (Å²) in [4.78, 5) is 8.32. The molecule has 90 valence electrons. The van der Waals surface area contributed by atoms with Crippen LogP contribution in [0.3, 0.4) is 0 Å². The smallest absolute Gasteiger partial charge is 0.222 e. The molecular weight excluding hydrogens is 282 g/mol. The quantitative estimate of drug-likeness (QED) is 0.939. The van der Waals surface area contributed by atoms with Gasteiger partial charge in [0.05, 0.1) is 10.2 Å². The van der Waals surface area contributed by atoms with Crippen LogP contribution in [0, 0.1) is 0 Å². The number of nitrogens with zero attached hydrogens (tertiary/aromatic N) is 4. The maximum atomic E-state index is 4.38. The first-order valence-corrected chi connectivity index (χ1v) is 6.21. The van der Waals surface area contributed by atoms with E-state index in [1.165, 1.54) is 5.56 Å². The number of rotatable bonds is 4. The van der Waals surface area contributed by atoms with Crippen LogP contribution in [-0.4, -0.2) is 19.7 Å². The normalized spacial score (nSPS) is 10.5. The fraction of sp³-hybridized carbons (Fsp3) is 0.364. The standard InChI is InChI=1S/C11H14BrN5/c1-3-10-8(7-17(2)16-10)4-13-11-14-5-9(12)6-15-11/h5-7H,3-4H2,1-2H3,(H,13,14,15). The SMILES string of the molecule is CCc1nn(C)cc1CNc1ncc(Br)cn1. The number of halogens is 1. The number of anilines is 1. The summed E-state index contributed by atoms with van der Waals surface area (Å²) in [5.74, 6) is 0.624. The molecule has 6 heteroatoms. The van der Waals surface area contributed by atoms with Gasteiger partial charge in [-0.3, -0.25) is 4.68 Å². The van der Waals surface area contributed by atoms with Gasteiger partial charge in [0.1, 0.15) is 0 Å². The van der Waals surface area contributed by atoms with Gasteiger partial charge in [-0.2, -0.15) is 5.10 Å². The zero-order valence-corrected chi connectivity index (χ0v) is 11.4. The Labute approximate surface area is 108 Å². The third kappa shape index (κ3) is 3.03. The summed E-state index contributed by atoms with van der Waals surface area (Å²) in [5, 5.41) is 7.56. The van der Waals surface area contributed by atoms with Gasteiger partial charge in [0, 0.05) is 37.7 Å². The van der Waals surface area contributed by atoms with Crippen LogP contribution in [0.5, 0.6) is 0 Å². The van der Waals surface area contributed by atoms with Gasteiger partial charge in [0.25, 0.3) is 0 Å². The van der Waals surface area contributed by atoms with Crippen molar-refractivity contribution in [1.82, 2.24) is 19.7 Å². The van der Waals surface area contributed by atoms with E-state index in [1.54, 1.807) is 12.4 Å². The summed E-state index contributed by atoms with van der Waals surface area (Å²) in [6.45, 7) is 2.79. The van der Waals surface area contributed by atoms with Crippen molar-refractivity contribution in [2.75, 3.05) is 5.32 Å². The van der Waals surface area contributed by atoms with Crippen LogP contribution in [0.1, 0.15) is 18.2 Å². The minimum absolute atomic E-state index is 0.624. The topological polar surface area (TPSA) is 55.6 Å². The highest BCUT2D eigenvalue weighted by atomic mass is 79.9. The Bertz CT molecular complexity index is 491. The Kier molecular flexibility index (Phi) is 3.73. The minimum atomic E-state index is 0.624. The molecule has 0 unspecified atom stereocenters. The van der Waals surface area contributed by atoms with E-state index < -0.39 is 0 Å². The highest BCUT2D eigenvalue weighted by Crippen LogP contribution is 2.10. The third-order valence-electron chi connectivity index (χ3n) is 2.38. The fourth-order valence-electron chi connectivity index (χ4n) is 1.61. The van der Waals surface area contributed by atoms with Crippen molar-refractivity contribution in [3.63, 3.8) is 0 Å². The van der Waals surface area contributed by atoms with Crippen molar-refractivity contribution < 1.29 is 0 Å². The number of aromatic nitrogens is 4. The van der Waals surface area contributed by atoms with Gasteiger partial charge >= 0.3 is 0 Å². The van der Waals surface area contributed by atoms with Crippen LogP contribution in [-0.2, 0) is 20.0 Å².